The average Bonchev–Trinajstić information content (AvgIpc) is 3.72. The van der Waals surface area contributed by atoms with Crippen LogP contribution in [0.15, 0.2) is 74.1 Å². The van der Waals surface area contributed by atoms with Gasteiger partial charge in [0.05, 0.1) is 0 Å². The Labute approximate surface area is 244 Å². The van der Waals surface area contributed by atoms with Crippen molar-refractivity contribution in [2.45, 2.75) is 58.3 Å². The first-order chi connectivity index (χ1) is 20.4. The minimum absolute atomic E-state index is 0.202. The Morgan fingerprint density at radius 1 is 1.07 bits per heavy atom. The lowest BCUT2D eigenvalue weighted by atomic mass is 9.69. The fourth-order valence-electron chi connectivity index (χ4n) is 7.52. The molecule has 0 saturated heterocycles. The van der Waals surface area contributed by atoms with Crippen LogP contribution in [-0.2, 0) is 4.79 Å². The highest BCUT2D eigenvalue weighted by Gasteiger charge is 2.46. The minimum Gasteiger partial charge on any atom is -0.457 e. The fourth-order valence-corrected chi connectivity index (χ4v) is 7.52. The average molecular weight is 562 g/mol. The van der Waals surface area contributed by atoms with Gasteiger partial charge in [0.15, 0.2) is 17.2 Å². The number of pyridine rings is 1. The minimum atomic E-state index is -0.202. The summed E-state index contributed by atoms with van der Waals surface area (Å²) in [6, 6.07) is 12.0. The molecule has 9 heteroatoms. The van der Waals surface area contributed by atoms with Crippen LogP contribution in [0.25, 0.3) is 11.2 Å². The van der Waals surface area contributed by atoms with Crippen LogP contribution in [0.4, 0.5) is 11.5 Å². The number of hydrogen-bond acceptors (Lipinski definition) is 7. The van der Waals surface area contributed by atoms with Gasteiger partial charge in [0.25, 0.3) is 0 Å². The Balaban J connectivity index is 1.14. The maximum atomic E-state index is 12.9. The maximum absolute atomic E-state index is 12.9. The molecule has 7 rings (SSSR count). The summed E-state index contributed by atoms with van der Waals surface area (Å²) < 4.78 is 9.80. The molecule has 2 aliphatic rings. The normalized spacial score (nSPS) is 23.9. The van der Waals surface area contributed by atoms with Crippen molar-refractivity contribution in [3.8, 4) is 11.5 Å². The summed E-state index contributed by atoms with van der Waals surface area (Å²) in [7, 11) is 0. The number of carbonyl (C=O) groups excluding carboxylic acids is 1. The number of nitrogens with zero attached hydrogens (tertiary/aromatic N) is 6. The van der Waals surface area contributed by atoms with Gasteiger partial charge >= 0.3 is 0 Å². The van der Waals surface area contributed by atoms with Gasteiger partial charge in [-0.25, -0.2) is 19.0 Å². The Bertz CT molecular complexity index is 1810. The lowest BCUT2D eigenvalue weighted by Gasteiger charge is -2.34. The number of ether oxygens (including phenoxy) is 1. The van der Waals surface area contributed by atoms with E-state index >= 15 is 0 Å². The van der Waals surface area contributed by atoms with Crippen molar-refractivity contribution >= 4 is 28.5 Å². The third-order valence-electron chi connectivity index (χ3n) is 9.31. The number of aromatic nitrogens is 6. The van der Waals surface area contributed by atoms with Gasteiger partial charge in [-0.3, -0.25) is 4.79 Å². The summed E-state index contributed by atoms with van der Waals surface area (Å²) in [5, 5.41) is 12.2. The van der Waals surface area contributed by atoms with Crippen molar-refractivity contribution in [2.75, 3.05) is 5.32 Å². The standard InChI is InChI=1S/C33H35N7O2/c1-4-29(41)33-10-7-23(18-33)15-24(13-21(2)17-33)27-9-12-40-31(27)32(35-20-37-40)38-25-5-6-28(22(3)14-25)42-26-8-11-39-30(16-26)34-19-36-39/h4-6,8-9,11-12,14,16,19-21,23-24H,1,7,10,13,15,17-18H2,2-3H3,(H,35,37,38)/t21-,23+,24+,33?/m1/s1. The van der Waals surface area contributed by atoms with E-state index in [1.807, 2.05) is 48.1 Å². The van der Waals surface area contributed by atoms with E-state index in [2.05, 4.69) is 51.1 Å². The van der Waals surface area contributed by atoms with Crippen molar-refractivity contribution in [3.63, 3.8) is 0 Å². The molecule has 1 N–H and O–H groups in total. The molecule has 2 saturated carbocycles. The molecule has 9 nitrogen and oxygen atoms in total. The van der Waals surface area contributed by atoms with Crippen molar-refractivity contribution in [3.05, 3.63) is 85.2 Å². The van der Waals surface area contributed by atoms with Gasteiger partial charge in [0, 0.05) is 29.6 Å². The van der Waals surface area contributed by atoms with E-state index in [9.17, 15) is 4.79 Å². The molecule has 42 heavy (non-hydrogen) atoms. The second-order valence-electron chi connectivity index (χ2n) is 12.2. The van der Waals surface area contributed by atoms with Crippen LogP contribution in [0, 0.1) is 24.2 Å². The van der Waals surface area contributed by atoms with E-state index in [0.717, 1.165) is 72.5 Å². The number of aryl methyl sites for hydroxylation is 1. The molecule has 2 bridgehead atoms. The summed E-state index contributed by atoms with van der Waals surface area (Å²) in [5.74, 6) is 3.87. The summed E-state index contributed by atoms with van der Waals surface area (Å²) in [6.07, 6.45) is 14.7. The van der Waals surface area contributed by atoms with Crippen LogP contribution in [0.1, 0.15) is 62.5 Å². The van der Waals surface area contributed by atoms with Crippen molar-refractivity contribution < 1.29 is 9.53 Å². The Morgan fingerprint density at radius 2 is 1.90 bits per heavy atom. The molecule has 4 atom stereocenters. The number of ketones is 1. The van der Waals surface area contributed by atoms with Crippen LogP contribution in [0.2, 0.25) is 0 Å². The summed E-state index contributed by atoms with van der Waals surface area (Å²) >= 11 is 0. The molecule has 2 fully saturated rings. The highest BCUT2D eigenvalue weighted by Crippen LogP contribution is 2.54. The predicted octanol–water partition coefficient (Wildman–Crippen LogP) is 7.06. The number of hydrogen-bond donors (Lipinski definition) is 1. The van der Waals surface area contributed by atoms with Gasteiger partial charge in [-0.15, -0.1) is 0 Å². The Kier molecular flexibility index (Phi) is 6.52. The quantitative estimate of drug-likeness (QED) is 0.212. The molecule has 0 aliphatic heterocycles. The van der Waals surface area contributed by atoms with Crippen molar-refractivity contribution in [1.29, 1.82) is 0 Å². The second-order valence-corrected chi connectivity index (χ2v) is 12.2. The van der Waals surface area contributed by atoms with E-state index in [0.29, 0.717) is 23.5 Å². The van der Waals surface area contributed by atoms with Gasteiger partial charge in [0.2, 0.25) is 0 Å². The molecule has 0 amide bonds. The predicted molar refractivity (Wildman–Crippen MR) is 161 cm³/mol. The number of benzene rings is 1. The molecule has 1 unspecified atom stereocenters. The number of nitrogens with one attached hydrogen (secondary N) is 1. The van der Waals surface area contributed by atoms with Crippen LogP contribution >= 0.6 is 0 Å². The fraction of sp³-hybridized carbons (Fsp3) is 0.364. The van der Waals surface area contributed by atoms with Crippen LogP contribution < -0.4 is 10.1 Å². The first-order valence-electron chi connectivity index (χ1n) is 14.7. The topological polar surface area (TPSA) is 98.7 Å². The highest BCUT2D eigenvalue weighted by atomic mass is 16.5. The zero-order valence-corrected chi connectivity index (χ0v) is 24.0. The lowest BCUT2D eigenvalue weighted by Crippen LogP contribution is -2.31. The third-order valence-corrected chi connectivity index (χ3v) is 9.31. The van der Waals surface area contributed by atoms with Crippen LogP contribution in [0.3, 0.4) is 0 Å². The largest absolute Gasteiger partial charge is 0.457 e. The summed E-state index contributed by atoms with van der Waals surface area (Å²) in [5.41, 5.74) is 4.74. The number of rotatable bonds is 7. The summed E-state index contributed by atoms with van der Waals surface area (Å²) in [4.78, 5) is 21.8. The first kappa shape index (κ1) is 26.4. The van der Waals surface area contributed by atoms with E-state index in [4.69, 9.17) is 4.74 Å². The van der Waals surface area contributed by atoms with E-state index in [1.54, 1.807) is 16.9 Å². The second kappa shape index (κ2) is 10.4. The molecule has 2 aliphatic carbocycles. The lowest BCUT2D eigenvalue weighted by molar-refractivity contribution is -0.125. The van der Waals surface area contributed by atoms with Gasteiger partial charge < -0.3 is 10.1 Å². The SMILES string of the molecule is C=CC(=O)C12CC[C@@H](C[C@@H](c3ccn4ncnc(Nc5ccc(Oc6ccn7ncnc7c6)c(C)c5)c34)C[C@@H](C)C1)C2. The van der Waals surface area contributed by atoms with Gasteiger partial charge in [-0.1, -0.05) is 13.5 Å². The molecular weight excluding hydrogens is 526 g/mol. The van der Waals surface area contributed by atoms with E-state index in [1.165, 1.54) is 11.9 Å². The number of allylic oxidation sites excluding steroid dienone is 1. The third kappa shape index (κ3) is 4.72. The van der Waals surface area contributed by atoms with Gasteiger partial charge in [-0.05, 0) is 111 Å². The Hall–Kier alpha value is -4.53. The molecule has 0 radical (unpaired) electrons. The van der Waals surface area contributed by atoms with Crippen molar-refractivity contribution in [2.24, 2.45) is 17.3 Å². The van der Waals surface area contributed by atoms with Crippen LogP contribution in [0.5, 0.6) is 11.5 Å². The molecule has 0 spiro atoms. The zero-order chi connectivity index (χ0) is 28.8. The van der Waals surface area contributed by atoms with Gasteiger partial charge in [0.1, 0.15) is 29.7 Å². The molecule has 5 aromatic rings. The smallest absolute Gasteiger partial charge is 0.161 e. The first-order valence-corrected chi connectivity index (χ1v) is 14.7. The van der Waals surface area contributed by atoms with E-state index in [-0.39, 0.29) is 11.2 Å². The maximum Gasteiger partial charge on any atom is 0.161 e. The molecule has 4 heterocycles. The number of anilines is 2. The molecule has 1 aromatic carbocycles. The van der Waals surface area contributed by atoms with Crippen LogP contribution in [-0.4, -0.2) is 35.0 Å². The molecule has 4 aromatic heterocycles. The Morgan fingerprint density at radius 3 is 2.76 bits per heavy atom. The van der Waals surface area contributed by atoms with Crippen molar-refractivity contribution in [1.82, 2.24) is 29.2 Å². The van der Waals surface area contributed by atoms with E-state index < -0.39 is 0 Å². The molecule has 214 valence electrons. The highest BCUT2D eigenvalue weighted by molar-refractivity contribution is 5.94. The summed E-state index contributed by atoms with van der Waals surface area (Å²) in [6.45, 7) is 8.14. The number of carbonyl (C=O) groups is 1. The van der Waals surface area contributed by atoms with Gasteiger partial charge in [-0.2, -0.15) is 10.2 Å². The number of fused-ring (bicyclic) bond motifs is 4. The zero-order valence-electron chi connectivity index (χ0n) is 24.0. The molecular formula is C33H35N7O2. The monoisotopic (exact) mass is 561 g/mol.